The fraction of sp³-hybridized carbons (Fsp3) is 0.0833. The lowest BCUT2D eigenvalue weighted by Crippen LogP contribution is -2.13. The molecule has 3 aromatic carbocycles. The SMILES string of the molecule is COc1cc(/C=C(/C#N)C(=O)Nc2ccc(Br)cc2)cc(Cl)c1OCc1ccccc1F. The minimum Gasteiger partial charge on any atom is -0.493 e. The van der Waals surface area contributed by atoms with E-state index < -0.39 is 11.7 Å². The van der Waals surface area contributed by atoms with Crippen LogP contribution >= 0.6 is 27.5 Å². The Hall–Kier alpha value is -3.34. The van der Waals surface area contributed by atoms with Gasteiger partial charge in [-0.05, 0) is 54.1 Å². The van der Waals surface area contributed by atoms with Crippen LogP contribution in [-0.2, 0) is 11.4 Å². The summed E-state index contributed by atoms with van der Waals surface area (Å²) in [6.07, 6.45) is 1.39. The minimum absolute atomic E-state index is 0.0447. The lowest BCUT2D eigenvalue weighted by atomic mass is 10.1. The number of hydrogen-bond acceptors (Lipinski definition) is 4. The maximum atomic E-state index is 13.9. The van der Waals surface area contributed by atoms with Crippen LogP contribution in [0.3, 0.4) is 0 Å². The molecule has 0 saturated carbocycles. The first-order chi connectivity index (χ1) is 15.4. The van der Waals surface area contributed by atoms with E-state index in [1.807, 2.05) is 6.07 Å². The number of ether oxygens (including phenoxy) is 2. The molecular weight excluding hydrogens is 499 g/mol. The summed E-state index contributed by atoms with van der Waals surface area (Å²) in [5, 5.41) is 12.3. The molecule has 0 unspecified atom stereocenters. The predicted molar refractivity (Wildman–Crippen MR) is 125 cm³/mol. The minimum atomic E-state index is -0.565. The number of anilines is 1. The third-order valence-corrected chi connectivity index (χ3v) is 5.17. The molecule has 0 saturated heterocycles. The van der Waals surface area contributed by atoms with Gasteiger partial charge in [0.05, 0.1) is 12.1 Å². The summed E-state index contributed by atoms with van der Waals surface area (Å²) in [4.78, 5) is 12.5. The first-order valence-electron chi connectivity index (χ1n) is 9.33. The van der Waals surface area contributed by atoms with E-state index in [1.165, 1.54) is 25.3 Å². The highest BCUT2D eigenvalue weighted by Crippen LogP contribution is 2.37. The highest BCUT2D eigenvalue weighted by atomic mass is 79.9. The van der Waals surface area contributed by atoms with Gasteiger partial charge < -0.3 is 14.8 Å². The Morgan fingerprint density at radius 2 is 1.94 bits per heavy atom. The number of carbonyl (C=O) groups excluding carboxylic acids is 1. The molecule has 0 aliphatic carbocycles. The van der Waals surface area contributed by atoms with Gasteiger partial charge in [0.1, 0.15) is 24.1 Å². The summed E-state index contributed by atoms with van der Waals surface area (Å²) in [6.45, 7) is -0.0447. The molecule has 0 radical (unpaired) electrons. The second-order valence-electron chi connectivity index (χ2n) is 6.55. The molecule has 0 heterocycles. The average Bonchev–Trinajstić information content (AvgIpc) is 2.78. The number of hydrogen-bond donors (Lipinski definition) is 1. The summed E-state index contributed by atoms with van der Waals surface area (Å²) in [5.74, 6) is -0.444. The summed E-state index contributed by atoms with van der Waals surface area (Å²) in [7, 11) is 1.43. The van der Waals surface area contributed by atoms with Crippen molar-refractivity contribution in [2.75, 3.05) is 12.4 Å². The van der Waals surface area contributed by atoms with E-state index in [4.69, 9.17) is 21.1 Å². The van der Waals surface area contributed by atoms with E-state index in [1.54, 1.807) is 48.5 Å². The van der Waals surface area contributed by atoms with Crippen LogP contribution in [0, 0.1) is 17.1 Å². The van der Waals surface area contributed by atoms with E-state index in [-0.39, 0.29) is 28.7 Å². The average molecular weight is 516 g/mol. The van der Waals surface area contributed by atoms with Crippen LogP contribution in [0.1, 0.15) is 11.1 Å². The van der Waals surface area contributed by atoms with Gasteiger partial charge in [-0.1, -0.05) is 45.7 Å². The van der Waals surface area contributed by atoms with Crippen LogP contribution in [-0.4, -0.2) is 13.0 Å². The third kappa shape index (κ3) is 5.88. The molecular formula is C24H17BrClFN2O3. The number of nitrogens with zero attached hydrogens (tertiary/aromatic N) is 1. The predicted octanol–water partition coefficient (Wildman–Crippen LogP) is 6.37. The first-order valence-corrected chi connectivity index (χ1v) is 10.5. The standard InChI is InChI=1S/C24H17BrClFN2O3/c1-31-22-12-15(10-17(13-28)24(30)29-19-8-6-18(25)7-9-19)11-20(26)23(22)32-14-16-4-2-3-5-21(16)27/h2-12H,14H2,1H3,(H,29,30)/b17-10-. The maximum Gasteiger partial charge on any atom is 0.266 e. The second-order valence-corrected chi connectivity index (χ2v) is 7.87. The normalized spacial score (nSPS) is 10.9. The third-order valence-electron chi connectivity index (χ3n) is 4.36. The highest BCUT2D eigenvalue weighted by Gasteiger charge is 2.15. The molecule has 0 fully saturated rings. The summed E-state index contributed by atoms with van der Waals surface area (Å²) < 4.78 is 25.7. The van der Waals surface area contributed by atoms with Crippen molar-refractivity contribution < 1.29 is 18.7 Å². The van der Waals surface area contributed by atoms with Gasteiger partial charge in [-0.25, -0.2) is 4.39 Å². The molecule has 0 atom stereocenters. The fourth-order valence-corrected chi connectivity index (χ4v) is 3.31. The van der Waals surface area contributed by atoms with Crippen molar-refractivity contribution in [3.05, 3.63) is 92.7 Å². The molecule has 1 N–H and O–H groups in total. The zero-order valence-corrected chi connectivity index (χ0v) is 19.2. The van der Waals surface area contributed by atoms with Gasteiger partial charge in [-0.2, -0.15) is 5.26 Å². The van der Waals surface area contributed by atoms with E-state index >= 15 is 0 Å². The molecule has 162 valence electrons. The molecule has 0 aromatic heterocycles. The van der Waals surface area contributed by atoms with Crippen molar-refractivity contribution in [3.8, 4) is 17.6 Å². The Morgan fingerprint density at radius 3 is 2.59 bits per heavy atom. The summed E-state index contributed by atoms with van der Waals surface area (Å²) >= 11 is 9.68. The van der Waals surface area contributed by atoms with Crippen LogP contribution in [0.15, 0.2) is 70.7 Å². The monoisotopic (exact) mass is 514 g/mol. The smallest absolute Gasteiger partial charge is 0.266 e. The van der Waals surface area contributed by atoms with Gasteiger partial charge in [-0.3, -0.25) is 4.79 Å². The highest BCUT2D eigenvalue weighted by molar-refractivity contribution is 9.10. The maximum absolute atomic E-state index is 13.9. The number of methoxy groups -OCH3 is 1. The summed E-state index contributed by atoms with van der Waals surface area (Å²) in [6, 6.07) is 18.2. The Morgan fingerprint density at radius 1 is 1.22 bits per heavy atom. The lowest BCUT2D eigenvalue weighted by Gasteiger charge is -2.14. The molecule has 0 aliphatic rings. The van der Waals surface area contributed by atoms with E-state index in [0.717, 1.165) is 4.47 Å². The zero-order chi connectivity index (χ0) is 23.1. The van der Waals surface area contributed by atoms with Gasteiger partial charge in [0.15, 0.2) is 11.5 Å². The molecule has 0 aliphatic heterocycles. The number of halogens is 3. The first kappa shape index (κ1) is 23.3. The Bertz CT molecular complexity index is 1210. The molecule has 32 heavy (non-hydrogen) atoms. The molecule has 1 amide bonds. The van der Waals surface area contributed by atoms with Crippen molar-refractivity contribution in [3.63, 3.8) is 0 Å². The Kier molecular flexibility index (Phi) is 7.87. The van der Waals surface area contributed by atoms with Crippen LogP contribution in [0.5, 0.6) is 11.5 Å². The van der Waals surface area contributed by atoms with Crippen molar-refractivity contribution >= 4 is 45.2 Å². The second kappa shape index (κ2) is 10.8. The van der Waals surface area contributed by atoms with Crippen molar-refractivity contribution in [2.45, 2.75) is 6.61 Å². The largest absolute Gasteiger partial charge is 0.493 e. The Balaban J connectivity index is 1.82. The van der Waals surface area contributed by atoms with Crippen molar-refractivity contribution in [1.29, 1.82) is 5.26 Å². The topological polar surface area (TPSA) is 71.3 Å². The number of carbonyl (C=O) groups is 1. The van der Waals surface area contributed by atoms with Gasteiger partial charge in [0.25, 0.3) is 5.91 Å². The van der Waals surface area contributed by atoms with E-state index in [2.05, 4.69) is 21.2 Å². The summed E-state index contributed by atoms with van der Waals surface area (Å²) in [5.41, 5.74) is 1.26. The zero-order valence-electron chi connectivity index (χ0n) is 16.9. The molecule has 8 heteroatoms. The van der Waals surface area contributed by atoms with Gasteiger partial charge in [0.2, 0.25) is 0 Å². The number of nitriles is 1. The number of nitrogens with one attached hydrogen (secondary N) is 1. The lowest BCUT2D eigenvalue weighted by molar-refractivity contribution is -0.112. The van der Waals surface area contributed by atoms with E-state index in [0.29, 0.717) is 16.8 Å². The van der Waals surface area contributed by atoms with Crippen molar-refractivity contribution in [2.24, 2.45) is 0 Å². The number of rotatable bonds is 7. The molecule has 5 nitrogen and oxygen atoms in total. The van der Waals surface area contributed by atoms with E-state index in [9.17, 15) is 14.4 Å². The number of amides is 1. The van der Waals surface area contributed by atoms with Crippen LogP contribution in [0.2, 0.25) is 5.02 Å². The number of benzene rings is 3. The quantitative estimate of drug-likeness (QED) is 0.293. The van der Waals surface area contributed by atoms with Crippen molar-refractivity contribution in [1.82, 2.24) is 0 Å². The molecule has 3 rings (SSSR count). The van der Waals surface area contributed by atoms with Crippen LogP contribution in [0.25, 0.3) is 6.08 Å². The molecule has 0 bridgehead atoms. The van der Waals surface area contributed by atoms with Gasteiger partial charge in [-0.15, -0.1) is 0 Å². The molecule has 3 aromatic rings. The molecule has 0 spiro atoms. The van der Waals surface area contributed by atoms with Gasteiger partial charge >= 0.3 is 0 Å². The Labute approximate surface area is 198 Å². The van der Waals surface area contributed by atoms with Gasteiger partial charge in [0, 0.05) is 15.7 Å². The van der Waals surface area contributed by atoms with Crippen LogP contribution < -0.4 is 14.8 Å². The van der Waals surface area contributed by atoms with Crippen LogP contribution in [0.4, 0.5) is 10.1 Å². The fourth-order valence-electron chi connectivity index (χ4n) is 2.78.